The topological polar surface area (TPSA) is 85.6 Å². The molecule has 2 heterocycles. The zero-order valence-corrected chi connectivity index (χ0v) is 18.5. The lowest BCUT2D eigenvalue weighted by Crippen LogP contribution is -2.27. The number of benzene rings is 2. The third-order valence-corrected chi connectivity index (χ3v) is 5.86. The molecule has 1 aliphatic heterocycles. The molecule has 4 rings (SSSR count). The highest BCUT2D eigenvalue weighted by Crippen LogP contribution is 2.38. The van der Waals surface area contributed by atoms with Gasteiger partial charge in [0.2, 0.25) is 5.88 Å². The van der Waals surface area contributed by atoms with Gasteiger partial charge in [0.05, 0.1) is 21.1 Å². The summed E-state index contributed by atoms with van der Waals surface area (Å²) in [7, 11) is 0. The lowest BCUT2D eigenvalue weighted by atomic mass is 10.1. The largest absolute Gasteiger partial charge is 0.439 e. The Kier molecular flexibility index (Phi) is 6.35. The van der Waals surface area contributed by atoms with Crippen LogP contribution in [0.15, 0.2) is 71.8 Å². The van der Waals surface area contributed by atoms with Crippen molar-refractivity contribution in [2.45, 2.75) is 6.18 Å². The van der Waals surface area contributed by atoms with Crippen molar-refractivity contribution in [1.29, 1.82) is 0 Å². The second kappa shape index (κ2) is 9.23. The average Bonchev–Trinajstić information content (AvgIpc) is 3.07. The molecule has 172 valence electrons. The van der Waals surface area contributed by atoms with Crippen LogP contribution in [-0.2, 0) is 11.0 Å². The summed E-state index contributed by atoms with van der Waals surface area (Å²) in [6.07, 6.45) is -1.89. The summed E-state index contributed by atoms with van der Waals surface area (Å²) in [5.41, 5.74) is -0.361. The number of nitrogens with zero attached hydrogens (tertiary/aromatic N) is 3. The number of anilines is 1. The smallest absolute Gasteiger partial charge is 0.416 e. The fourth-order valence-electron chi connectivity index (χ4n) is 2.96. The molecular weight excluding hydrogens is 491 g/mol. The zero-order valence-electron chi connectivity index (χ0n) is 16.9. The first kappa shape index (κ1) is 23.4. The highest BCUT2D eigenvalue weighted by molar-refractivity contribution is 8.27. The van der Waals surface area contributed by atoms with E-state index in [1.807, 2.05) is 0 Å². The number of thioether (sulfide) groups is 1. The second-order valence-electron chi connectivity index (χ2n) is 6.85. The van der Waals surface area contributed by atoms with Crippen LogP contribution < -0.4 is 9.64 Å². The number of thiocarbonyl (C=S) groups is 1. The summed E-state index contributed by atoms with van der Waals surface area (Å²) in [6, 6.07) is 13.6. The van der Waals surface area contributed by atoms with Crippen molar-refractivity contribution < 1.29 is 27.6 Å². The number of rotatable bonds is 5. The third kappa shape index (κ3) is 5.07. The average molecular weight is 503 g/mol. The molecule has 12 heteroatoms. The van der Waals surface area contributed by atoms with Gasteiger partial charge in [-0.15, -0.1) is 0 Å². The van der Waals surface area contributed by atoms with Crippen LogP contribution in [0.3, 0.4) is 0 Å². The minimum Gasteiger partial charge on any atom is -0.439 e. The molecule has 1 aliphatic rings. The molecule has 0 atom stereocenters. The predicted molar refractivity (Wildman–Crippen MR) is 125 cm³/mol. The Morgan fingerprint density at radius 1 is 1.12 bits per heavy atom. The molecule has 0 unspecified atom stereocenters. The molecule has 2 aromatic carbocycles. The van der Waals surface area contributed by atoms with E-state index in [1.54, 1.807) is 30.3 Å². The van der Waals surface area contributed by atoms with Gasteiger partial charge in [0, 0.05) is 12.1 Å². The van der Waals surface area contributed by atoms with Crippen molar-refractivity contribution in [3.8, 4) is 11.6 Å². The molecule has 0 spiro atoms. The Balaban J connectivity index is 1.49. The van der Waals surface area contributed by atoms with Crippen molar-refractivity contribution in [2.24, 2.45) is 0 Å². The van der Waals surface area contributed by atoms with Gasteiger partial charge in [0.1, 0.15) is 11.9 Å². The SMILES string of the molecule is O=C1/C(=C\c2ccc(Oc3ccc([N+](=O)[O-])cn3)cc2)SC(=S)N1c1cccc(C(F)(F)F)c1. The molecule has 0 bridgehead atoms. The molecule has 0 N–H and O–H groups in total. The minimum absolute atomic E-state index is 0.0417. The van der Waals surface area contributed by atoms with E-state index in [4.69, 9.17) is 17.0 Å². The van der Waals surface area contributed by atoms with E-state index >= 15 is 0 Å². The molecule has 1 fully saturated rings. The first-order chi connectivity index (χ1) is 16.1. The summed E-state index contributed by atoms with van der Waals surface area (Å²) in [5.74, 6) is 0.0556. The summed E-state index contributed by atoms with van der Waals surface area (Å²) >= 11 is 6.21. The molecule has 1 amide bonds. The van der Waals surface area contributed by atoms with Crippen LogP contribution in [0.25, 0.3) is 6.08 Å². The molecule has 0 saturated carbocycles. The van der Waals surface area contributed by atoms with Crippen LogP contribution in [0, 0.1) is 10.1 Å². The van der Waals surface area contributed by atoms with Gasteiger partial charge < -0.3 is 4.74 Å². The molecule has 0 aliphatic carbocycles. The fourth-order valence-corrected chi connectivity index (χ4v) is 4.26. The Hall–Kier alpha value is -3.77. The number of carbonyl (C=O) groups excluding carboxylic acids is 1. The number of ether oxygens (including phenoxy) is 1. The number of pyridine rings is 1. The number of hydrogen-bond acceptors (Lipinski definition) is 7. The maximum absolute atomic E-state index is 13.0. The number of hydrogen-bond donors (Lipinski definition) is 0. The van der Waals surface area contributed by atoms with E-state index in [1.165, 1.54) is 24.3 Å². The normalized spacial score (nSPS) is 15.1. The molecular formula is C22H12F3N3O4S2. The zero-order chi connectivity index (χ0) is 24.5. The van der Waals surface area contributed by atoms with Crippen LogP contribution in [0.5, 0.6) is 11.6 Å². The minimum atomic E-state index is -4.54. The number of amides is 1. The van der Waals surface area contributed by atoms with Gasteiger partial charge in [-0.1, -0.05) is 42.2 Å². The van der Waals surface area contributed by atoms with E-state index in [9.17, 15) is 28.1 Å². The van der Waals surface area contributed by atoms with E-state index in [0.717, 1.165) is 35.0 Å². The number of aromatic nitrogens is 1. The monoisotopic (exact) mass is 503 g/mol. The quantitative estimate of drug-likeness (QED) is 0.177. The van der Waals surface area contributed by atoms with Crippen molar-refractivity contribution >= 4 is 51.7 Å². The number of halogens is 3. The van der Waals surface area contributed by atoms with Gasteiger partial charge in [0.15, 0.2) is 4.32 Å². The standard InChI is InChI=1S/C22H12F3N3O4S2/c23-22(24,25)14-2-1-3-15(11-14)27-20(29)18(34-21(27)33)10-13-4-7-17(8-5-13)32-19-9-6-16(12-26-19)28(30)31/h1-12H/b18-10+. The van der Waals surface area contributed by atoms with E-state index in [-0.39, 0.29) is 26.5 Å². The molecule has 0 radical (unpaired) electrons. The maximum Gasteiger partial charge on any atom is 0.416 e. The van der Waals surface area contributed by atoms with Gasteiger partial charge in [0.25, 0.3) is 11.6 Å². The van der Waals surface area contributed by atoms with Crippen molar-refractivity contribution in [2.75, 3.05) is 4.90 Å². The number of nitro groups is 1. The summed E-state index contributed by atoms with van der Waals surface area (Å²) in [5, 5.41) is 10.7. The van der Waals surface area contributed by atoms with Gasteiger partial charge in [-0.2, -0.15) is 13.2 Å². The summed E-state index contributed by atoms with van der Waals surface area (Å²) in [4.78, 5) is 28.2. The van der Waals surface area contributed by atoms with Crippen molar-refractivity contribution in [3.05, 3.63) is 93.0 Å². The fraction of sp³-hybridized carbons (Fsp3) is 0.0455. The first-order valence-electron chi connectivity index (χ1n) is 9.45. The second-order valence-corrected chi connectivity index (χ2v) is 8.52. The number of carbonyl (C=O) groups is 1. The third-order valence-electron chi connectivity index (χ3n) is 4.56. The van der Waals surface area contributed by atoms with Crippen LogP contribution in [0.4, 0.5) is 24.5 Å². The van der Waals surface area contributed by atoms with E-state index in [2.05, 4.69) is 4.98 Å². The van der Waals surface area contributed by atoms with Gasteiger partial charge in [-0.05, 0) is 42.0 Å². The molecule has 3 aromatic rings. The predicted octanol–water partition coefficient (Wildman–Crippen LogP) is 6.21. The number of alkyl halides is 3. The molecule has 1 aromatic heterocycles. The van der Waals surface area contributed by atoms with Crippen molar-refractivity contribution in [1.82, 2.24) is 4.98 Å². The maximum atomic E-state index is 13.0. The van der Waals surface area contributed by atoms with Gasteiger partial charge in [-0.25, -0.2) is 4.98 Å². The lowest BCUT2D eigenvalue weighted by molar-refractivity contribution is -0.385. The first-order valence-corrected chi connectivity index (χ1v) is 10.7. The van der Waals surface area contributed by atoms with Crippen LogP contribution >= 0.6 is 24.0 Å². The van der Waals surface area contributed by atoms with Crippen LogP contribution in [0.1, 0.15) is 11.1 Å². The van der Waals surface area contributed by atoms with Crippen LogP contribution in [0.2, 0.25) is 0 Å². The highest BCUT2D eigenvalue weighted by atomic mass is 32.2. The van der Waals surface area contributed by atoms with Gasteiger partial charge >= 0.3 is 6.18 Å². The Bertz CT molecular complexity index is 1310. The van der Waals surface area contributed by atoms with Gasteiger partial charge in [-0.3, -0.25) is 19.8 Å². The highest BCUT2D eigenvalue weighted by Gasteiger charge is 2.36. The molecule has 34 heavy (non-hydrogen) atoms. The molecule has 7 nitrogen and oxygen atoms in total. The summed E-state index contributed by atoms with van der Waals surface area (Å²) < 4.78 is 44.8. The Labute approximate surface area is 200 Å². The Morgan fingerprint density at radius 2 is 1.85 bits per heavy atom. The van der Waals surface area contributed by atoms with E-state index < -0.39 is 22.6 Å². The van der Waals surface area contributed by atoms with Crippen molar-refractivity contribution in [3.63, 3.8) is 0 Å². The summed E-state index contributed by atoms with van der Waals surface area (Å²) in [6.45, 7) is 0. The van der Waals surface area contributed by atoms with Crippen LogP contribution in [-0.4, -0.2) is 20.1 Å². The van der Waals surface area contributed by atoms with E-state index in [0.29, 0.717) is 11.3 Å². The Morgan fingerprint density at radius 3 is 2.47 bits per heavy atom. The lowest BCUT2D eigenvalue weighted by Gasteiger charge is -2.16. The molecule has 1 saturated heterocycles.